The fourth-order valence-electron chi connectivity index (χ4n) is 1.67. The molecule has 0 saturated heterocycles. The summed E-state index contributed by atoms with van der Waals surface area (Å²) in [5, 5.41) is 0. The van der Waals surface area contributed by atoms with Crippen molar-refractivity contribution in [1.29, 1.82) is 0 Å². The number of rotatable bonds is 4. The Kier molecular flexibility index (Phi) is 5.56. The Hall–Kier alpha value is -0.870. The van der Waals surface area contributed by atoms with Gasteiger partial charge in [-0.05, 0) is 29.5 Å². The highest BCUT2D eigenvalue weighted by Crippen LogP contribution is 2.19. The highest BCUT2D eigenvalue weighted by Gasteiger charge is 2.29. The molecule has 0 saturated carbocycles. The van der Waals surface area contributed by atoms with Crippen LogP contribution in [0.25, 0.3) is 0 Å². The van der Waals surface area contributed by atoms with Gasteiger partial charge in [-0.3, -0.25) is 4.79 Å². The van der Waals surface area contributed by atoms with Crippen molar-refractivity contribution in [3.63, 3.8) is 0 Å². The number of likely N-dealkylation sites (N-methyl/N-ethyl adjacent to an activating group) is 1. The van der Waals surface area contributed by atoms with Crippen LogP contribution in [0.4, 0.5) is 0 Å². The van der Waals surface area contributed by atoms with Gasteiger partial charge in [-0.25, -0.2) is 0 Å². The molecular weight excluding hydrogens is 304 g/mol. The predicted octanol–water partition coefficient (Wildman–Crippen LogP) is 2.82. The smallest absolute Gasteiger partial charge is 0.239 e. The van der Waals surface area contributed by atoms with E-state index in [9.17, 15) is 4.79 Å². The summed E-state index contributed by atoms with van der Waals surface area (Å²) < 4.78 is 1.07. The van der Waals surface area contributed by atoms with Crippen molar-refractivity contribution in [2.24, 2.45) is 11.1 Å². The molecule has 2 N–H and O–H groups in total. The maximum Gasteiger partial charge on any atom is 0.239 e. The average molecular weight is 327 g/mol. The summed E-state index contributed by atoms with van der Waals surface area (Å²) in [6.45, 7) is 6.64. The fraction of sp³-hybridized carbons (Fsp3) is 0.533. The van der Waals surface area contributed by atoms with Crippen molar-refractivity contribution in [1.82, 2.24) is 4.90 Å². The highest BCUT2D eigenvalue weighted by atomic mass is 79.9. The lowest BCUT2D eigenvalue weighted by Gasteiger charge is -2.30. The van der Waals surface area contributed by atoms with E-state index in [0.29, 0.717) is 6.54 Å². The molecule has 0 aromatic heterocycles. The molecule has 0 bridgehead atoms. The SMILES string of the molecule is CN(CCc1ccc(Br)cc1)C(=O)[C@@H](N)C(C)(C)C. The number of benzene rings is 1. The summed E-state index contributed by atoms with van der Waals surface area (Å²) >= 11 is 3.41. The molecule has 0 spiro atoms. The van der Waals surface area contributed by atoms with E-state index in [1.165, 1.54) is 5.56 Å². The molecule has 0 aliphatic carbocycles. The van der Waals surface area contributed by atoms with Crippen LogP contribution in [0.3, 0.4) is 0 Å². The van der Waals surface area contributed by atoms with Crippen LogP contribution in [0.15, 0.2) is 28.7 Å². The molecule has 0 aliphatic heterocycles. The summed E-state index contributed by atoms with van der Waals surface area (Å²) in [6.07, 6.45) is 0.840. The van der Waals surface area contributed by atoms with Crippen LogP contribution in [-0.2, 0) is 11.2 Å². The van der Waals surface area contributed by atoms with Crippen molar-refractivity contribution < 1.29 is 4.79 Å². The minimum Gasteiger partial charge on any atom is -0.344 e. The molecule has 1 aromatic rings. The van der Waals surface area contributed by atoms with Crippen molar-refractivity contribution in [2.45, 2.75) is 33.2 Å². The standard InChI is InChI=1S/C15H23BrN2O/c1-15(2,3)13(17)14(19)18(4)10-9-11-5-7-12(16)8-6-11/h5-8,13H,9-10,17H2,1-4H3/t13-/m1/s1. The van der Waals surface area contributed by atoms with Crippen LogP contribution in [0.5, 0.6) is 0 Å². The Morgan fingerprint density at radius 3 is 2.32 bits per heavy atom. The van der Waals surface area contributed by atoms with Gasteiger partial charge in [0.1, 0.15) is 0 Å². The molecule has 3 nitrogen and oxygen atoms in total. The van der Waals surface area contributed by atoms with Crippen LogP contribution in [0, 0.1) is 5.41 Å². The van der Waals surface area contributed by atoms with E-state index < -0.39 is 6.04 Å². The van der Waals surface area contributed by atoms with Crippen molar-refractivity contribution in [3.05, 3.63) is 34.3 Å². The van der Waals surface area contributed by atoms with Crippen LogP contribution in [0.1, 0.15) is 26.3 Å². The molecule has 1 rings (SSSR count). The Morgan fingerprint density at radius 1 is 1.32 bits per heavy atom. The van der Waals surface area contributed by atoms with Crippen molar-refractivity contribution in [2.75, 3.05) is 13.6 Å². The topological polar surface area (TPSA) is 46.3 Å². The lowest BCUT2D eigenvalue weighted by Crippen LogP contribution is -2.49. The zero-order chi connectivity index (χ0) is 14.6. The molecule has 4 heteroatoms. The number of halogens is 1. The molecule has 0 heterocycles. The van der Waals surface area contributed by atoms with Gasteiger partial charge in [0, 0.05) is 18.1 Å². The first-order valence-electron chi connectivity index (χ1n) is 6.47. The summed E-state index contributed by atoms with van der Waals surface area (Å²) in [5.41, 5.74) is 7.00. The van der Waals surface area contributed by atoms with Gasteiger partial charge >= 0.3 is 0 Å². The van der Waals surface area contributed by atoms with E-state index >= 15 is 0 Å². The van der Waals surface area contributed by atoms with E-state index in [1.807, 2.05) is 40.0 Å². The second kappa shape index (κ2) is 6.53. The number of hydrogen-bond donors (Lipinski definition) is 1. The van der Waals surface area contributed by atoms with Gasteiger partial charge < -0.3 is 10.6 Å². The minimum atomic E-state index is -0.456. The second-order valence-corrected chi connectivity index (χ2v) is 6.90. The number of hydrogen-bond acceptors (Lipinski definition) is 2. The molecule has 106 valence electrons. The number of nitrogens with zero attached hydrogens (tertiary/aromatic N) is 1. The van der Waals surface area contributed by atoms with Crippen LogP contribution in [0.2, 0.25) is 0 Å². The predicted molar refractivity (Wildman–Crippen MR) is 82.9 cm³/mol. The largest absolute Gasteiger partial charge is 0.344 e. The lowest BCUT2D eigenvalue weighted by atomic mass is 9.86. The quantitative estimate of drug-likeness (QED) is 0.924. The van der Waals surface area contributed by atoms with Crippen LogP contribution >= 0.6 is 15.9 Å². The number of nitrogens with two attached hydrogens (primary N) is 1. The molecule has 1 aromatic carbocycles. The zero-order valence-electron chi connectivity index (χ0n) is 12.1. The van der Waals surface area contributed by atoms with Crippen LogP contribution < -0.4 is 5.73 Å². The molecule has 0 radical (unpaired) electrons. The first-order chi connectivity index (χ1) is 8.71. The van der Waals surface area contributed by atoms with E-state index in [0.717, 1.165) is 10.9 Å². The van der Waals surface area contributed by atoms with Gasteiger partial charge in [-0.15, -0.1) is 0 Å². The first kappa shape index (κ1) is 16.2. The molecule has 0 aliphatic rings. The van der Waals surface area contributed by atoms with Gasteiger partial charge in [0.2, 0.25) is 5.91 Å². The molecule has 0 unspecified atom stereocenters. The molecule has 0 fully saturated rings. The molecular formula is C15H23BrN2O. The summed E-state index contributed by atoms with van der Waals surface area (Å²) in [5.74, 6) is 0.00427. The summed E-state index contributed by atoms with van der Waals surface area (Å²) in [7, 11) is 1.81. The van der Waals surface area contributed by atoms with E-state index in [2.05, 4.69) is 28.1 Å². The van der Waals surface area contributed by atoms with E-state index in [4.69, 9.17) is 5.73 Å². The van der Waals surface area contributed by atoms with Gasteiger partial charge in [0.05, 0.1) is 6.04 Å². The summed E-state index contributed by atoms with van der Waals surface area (Å²) in [6, 6.07) is 7.69. The maximum atomic E-state index is 12.2. The highest BCUT2D eigenvalue weighted by molar-refractivity contribution is 9.10. The lowest BCUT2D eigenvalue weighted by molar-refractivity contribution is -0.133. The monoisotopic (exact) mass is 326 g/mol. The van der Waals surface area contributed by atoms with Gasteiger partial charge in [-0.1, -0.05) is 48.8 Å². The Labute approximate surface area is 124 Å². The number of carbonyl (C=O) groups is 1. The zero-order valence-corrected chi connectivity index (χ0v) is 13.7. The number of amides is 1. The first-order valence-corrected chi connectivity index (χ1v) is 7.26. The van der Waals surface area contributed by atoms with E-state index in [1.54, 1.807) is 4.90 Å². The van der Waals surface area contributed by atoms with E-state index in [-0.39, 0.29) is 11.3 Å². The molecule has 19 heavy (non-hydrogen) atoms. The Morgan fingerprint density at radius 2 is 1.84 bits per heavy atom. The second-order valence-electron chi connectivity index (χ2n) is 5.98. The third kappa shape index (κ3) is 4.96. The minimum absolute atomic E-state index is 0.00427. The van der Waals surface area contributed by atoms with Gasteiger partial charge in [-0.2, -0.15) is 0 Å². The molecule has 1 atom stereocenters. The molecule has 1 amide bonds. The Bertz CT molecular complexity index is 423. The van der Waals surface area contributed by atoms with Gasteiger partial charge in [0.25, 0.3) is 0 Å². The normalized spacial score (nSPS) is 13.2. The third-order valence-corrected chi connectivity index (χ3v) is 3.75. The van der Waals surface area contributed by atoms with Crippen LogP contribution in [-0.4, -0.2) is 30.4 Å². The fourth-order valence-corrected chi connectivity index (χ4v) is 1.93. The average Bonchev–Trinajstić information content (AvgIpc) is 2.34. The Balaban J connectivity index is 2.53. The maximum absolute atomic E-state index is 12.2. The third-order valence-electron chi connectivity index (χ3n) is 3.22. The van der Waals surface area contributed by atoms with Gasteiger partial charge in [0.15, 0.2) is 0 Å². The number of carbonyl (C=O) groups excluding carboxylic acids is 1. The van der Waals surface area contributed by atoms with Crippen molar-refractivity contribution in [3.8, 4) is 0 Å². The van der Waals surface area contributed by atoms with Crippen molar-refractivity contribution >= 4 is 21.8 Å². The summed E-state index contributed by atoms with van der Waals surface area (Å²) in [4.78, 5) is 13.9.